The Morgan fingerprint density at radius 1 is 1.24 bits per heavy atom. The lowest BCUT2D eigenvalue weighted by Gasteiger charge is -2.11. The van der Waals surface area contributed by atoms with Gasteiger partial charge in [0.2, 0.25) is 0 Å². The van der Waals surface area contributed by atoms with Gasteiger partial charge in [-0.2, -0.15) is 5.10 Å². The summed E-state index contributed by atoms with van der Waals surface area (Å²) >= 11 is 13.7. The third-order valence-electron chi connectivity index (χ3n) is 3.74. The number of aryl methyl sites for hydroxylation is 1. The maximum atomic E-state index is 11.9. The highest BCUT2D eigenvalue weighted by atomic mass is 35.5. The van der Waals surface area contributed by atoms with Gasteiger partial charge in [-0.1, -0.05) is 29.3 Å². The largest absolute Gasteiger partial charge is 0.316 e. The number of carbonyl (C=O) groups is 1. The highest BCUT2D eigenvalue weighted by Crippen LogP contribution is 2.28. The maximum absolute atomic E-state index is 11.9. The lowest BCUT2D eigenvalue weighted by atomic mass is 10.2. The molecular formula is C18H15Cl2N3OS. The summed E-state index contributed by atoms with van der Waals surface area (Å²) in [5.74, 6) is -0.221. The van der Waals surface area contributed by atoms with Crippen molar-refractivity contribution in [3.8, 4) is 5.69 Å². The zero-order valence-electron chi connectivity index (χ0n) is 13.6. The molecule has 0 aliphatic carbocycles. The number of nitrogens with zero attached hydrogens (tertiary/aromatic N) is 2. The van der Waals surface area contributed by atoms with E-state index in [-0.39, 0.29) is 5.91 Å². The second-order valence-electron chi connectivity index (χ2n) is 5.43. The molecule has 0 saturated carbocycles. The summed E-state index contributed by atoms with van der Waals surface area (Å²) in [6, 6.07) is 11.0. The van der Waals surface area contributed by atoms with Crippen molar-refractivity contribution in [3.63, 3.8) is 0 Å². The third-order valence-corrected chi connectivity index (χ3v) is 5.14. The molecule has 0 aliphatic rings. The lowest BCUT2D eigenvalue weighted by molar-refractivity contribution is 0.0959. The molecule has 25 heavy (non-hydrogen) atoms. The summed E-state index contributed by atoms with van der Waals surface area (Å²) in [6.07, 6.45) is 1.63. The van der Waals surface area contributed by atoms with Crippen molar-refractivity contribution < 1.29 is 4.79 Å². The Morgan fingerprint density at radius 2 is 2.04 bits per heavy atom. The van der Waals surface area contributed by atoms with Gasteiger partial charge in [0, 0.05) is 22.0 Å². The predicted octanol–water partition coefficient (Wildman–Crippen LogP) is 5.23. The van der Waals surface area contributed by atoms with Crippen LogP contribution in [0.3, 0.4) is 0 Å². The Kier molecular flexibility index (Phi) is 5.27. The smallest absolute Gasteiger partial charge is 0.281 e. The molecule has 3 rings (SSSR count). The zero-order chi connectivity index (χ0) is 18.0. The fourth-order valence-corrected chi connectivity index (χ4v) is 3.68. The fourth-order valence-electron chi connectivity index (χ4n) is 2.57. The first-order chi connectivity index (χ1) is 12.0. The van der Waals surface area contributed by atoms with Crippen molar-refractivity contribution in [2.75, 3.05) is 0 Å². The van der Waals surface area contributed by atoms with Crippen LogP contribution in [0.2, 0.25) is 10.0 Å². The molecule has 2 heterocycles. The molecule has 7 heteroatoms. The Hall–Kier alpha value is -2.08. The molecule has 0 fully saturated rings. The van der Waals surface area contributed by atoms with Crippen LogP contribution in [0.25, 0.3) is 5.69 Å². The van der Waals surface area contributed by atoms with Gasteiger partial charge in [0.05, 0.1) is 21.8 Å². The number of hydrogen-bond acceptors (Lipinski definition) is 3. The van der Waals surface area contributed by atoms with Gasteiger partial charge >= 0.3 is 0 Å². The Balaban J connectivity index is 1.84. The number of hydrogen-bond donors (Lipinski definition) is 1. The number of aromatic nitrogens is 1. The molecule has 3 aromatic rings. The van der Waals surface area contributed by atoms with Crippen molar-refractivity contribution in [2.45, 2.75) is 13.8 Å². The molecule has 0 unspecified atom stereocenters. The van der Waals surface area contributed by atoms with Gasteiger partial charge in [-0.15, -0.1) is 11.3 Å². The molecule has 0 spiro atoms. The summed E-state index contributed by atoms with van der Waals surface area (Å²) in [7, 11) is 0. The lowest BCUT2D eigenvalue weighted by Crippen LogP contribution is -2.16. The second-order valence-corrected chi connectivity index (χ2v) is 7.23. The molecule has 0 aliphatic heterocycles. The predicted molar refractivity (Wildman–Crippen MR) is 105 cm³/mol. The molecule has 0 radical (unpaired) electrons. The fraction of sp³-hybridized carbons (Fsp3) is 0.111. The highest BCUT2D eigenvalue weighted by Gasteiger charge is 2.12. The summed E-state index contributed by atoms with van der Waals surface area (Å²) in [6.45, 7) is 3.96. The van der Waals surface area contributed by atoms with E-state index in [1.807, 2.05) is 42.0 Å². The van der Waals surface area contributed by atoms with Crippen LogP contribution >= 0.6 is 34.5 Å². The number of nitrogens with one attached hydrogen (secondary N) is 1. The van der Waals surface area contributed by atoms with Crippen molar-refractivity contribution >= 4 is 46.7 Å². The molecular weight excluding hydrogens is 377 g/mol. The third kappa shape index (κ3) is 3.79. The van der Waals surface area contributed by atoms with E-state index in [2.05, 4.69) is 10.5 Å². The van der Waals surface area contributed by atoms with Crippen LogP contribution in [0.15, 0.2) is 46.9 Å². The van der Waals surface area contributed by atoms with Gasteiger partial charge < -0.3 is 4.57 Å². The summed E-state index contributed by atoms with van der Waals surface area (Å²) in [4.78, 5) is 12.5. The SMILES string of the molecule is Cc1cc(/C=N\NC(=O)c2cccs2)c(C)n1-c1ccc(Cl)cc1Cl. The van der Waals surface area contributed by atoms with E-state index in [1.54, 1.807) is 24.4 Å². The monoisotopic (exact) mass is 391 g/mol. The van der Waals surface area contributed by atoms with Crippen LogP contribution < -0.4 is 5.43 Å². The molecule has 1 aromatic carbocycles. The van der Waals surface area contributed by atoms with Crippen molar-refractivity contribution in [1.29, 1.82) is 0 Å². The summed E-state index contributed by atoms with van der Waals surface area (Å²) in [5.41, 5.74) is 6.26. The highest BCUT2D eigenvalue weighted by molar-refractivity contribution is 7.12. The van der Waals surface area contributed by atoms with Crippen LogP contribution in [0.1, 0.15) is 26.6 Å². The van der Waals surface area contributed by atoms with Gasteiger partial charge in [0.15, 0.2) is 0 Å². The average molecular weight is 392 g/mol. The number of benzene rings is 1. The Morgan fingerprint density at radius 3 is 2.72 bits per heavy atom. The molecule has 0 atom stereocenters. The van der Waals surface area contributed by atoms with E-state index < -0.39 is 0 Å². The average Bonchev–Trinajstić information content (AvgIpc) is 3.18. The number of thiophene rings is 1. The second kappa shape index (κ2) is 7.44. The van der Waals surface area contributed by atoms with E-state index in [4.69, 9.17) is 23.2 Å². The topological polar surface area (TPSA) is 46.4 Å². The first kappa shape index (κ1) is 17.7. The molecule has 0 saturated heterocycles. The Bertz CT molecular complexity index is 946. The number of rotatable bonds is 4. The van der Waals surface area contributed by atoms with Gasteiger partial charge in [-0.05, 0) is 49.6 Å². The minimum atomic E-state index is -0.221. The van der Waals surface area contributed by atoms with Crippen LogP contribution in [0.5, 0.6) is 0 Å². The first-order valence-electron chi connectivity index (χ1n) is 7.48. The normalized spacial score (nSPS) is 11.2. The molecule has 1 N–H and O–H groups in total. The van der Waals surface area contributed by atoms with E-state index in [1.165, 1.54) is 11.3 Å². The maximum Gasteiger partial charge on any atom is 0.281 e. The van der Waals surface area contributed by atoms with Gasteiger partial charge in [-0.3, -0.25) is 4.79 Å². The van der Waals surface area contributed by atoms with Crippen molar-refractivity contribution in [2.24, 2.45) is 5.10 Å². The minimum Gasteiger partial charge on any atom is -0.316 e. The number of carbonyl (C=O) groups excluding carboxylic acids is 1. The van der Waals surface area contributed by atoms with Crippen LogP contribution in [0, 0.1) is 13.8 Å². The Labute approximate surface area is 159 Å². The number of hydrazone groups is 1. The van der Waals surface area contributed by atoms with E-state index in [9.17, 15) is 4.79 Å². The van der Waals surface area contributed by atoms with Gasteiger partial charge in [0.1, 0.15) is 0 Å². The molecule has 128 valence electrons. The number of halogens is 2. The van der Waals surface area contributed by atoms with E-state index in [0.717, 1.165) is 22.6 Å². The first-order valence-corrected chi connectivity index (χ1v) is 9.12. The van der Waals surface area contributed by atoms with Gasteiger partial charge in [-0.25, -0.2) is 5.43 Å². The quantitative estimate of drug-likeness (QED) is 0.480. The molecule has 2 aromatic heterocycles. The minimum absolute atomic E-state index is 0.221. The molecule has 4 nitrogen and oxygen atoms in total. The summed E-state index contributed by atoms with van der Waals surface area (Å²) in [5, 5.41) is 7.07. The van der Waals surface area contributed by atoms with Crippen LogP contribution in [0.4, 0.5) is 0 Å². The summed E-state index contributed by atoms with van der Waals surface area (Å²) < 4.78 is 2.03. The standard InChI is InChI=1S/C18H15Cl2N3OS/c1-11-8-13(10-21-22-18(24)17-4-3-7-25-17)12(2)23(11)16-6-5-14(19)9-15(16)20/h3-10H,1-2H3,(H,22,24)/b21-10-. The van der Waals surface area contributed by atoms with E-state index >= 15 is 0 Å². The van der Waals surface area contributed by atoms with Crippen LogP contribution in [-0.4, -0.2) is 16.7 Å². The van der Waals surface area contributed by atoms with Crippen molar-refractivity contribution in [1.82, 2.24) is 9.99 Å². The number of amides is 1. The molecule has 1 amide bonds. The zero-order valence-corrected chi connectivity index (χ0v) is 15.9. The van der Waals surface area contributed by atoms with E-state index in [0.29, 0.717) is 14.9 Å². The van der Waals surface area contributed by atoms with Crippen LogP contribution in [-0.2, 0) is 0 Å². The van der Waals surface area contributed by atoms with Crippen molar-refractivity contribution in [3.05, 3.63) is 73.7 Å². The molecule has 0 bridgehead atoms. The van der Waals surface area contributed by atoms with Gasteiger partial charge in [0.25, 0.3) is 5.91 Å².